The van der Waals surface area contributed by atoms with Gasteiger partial charge in [0, 0.05) is 6.42 Å². The van der Waals surface area contributed by atoms with E-state index in [0.29, 0.717) is 12.8 Å². The topological polar surface area (TPSA) is 53.2 Å². The molecule has 0 saturated heterocycles. The molecule has 0 aliphatic rings. The van der Waals surface area contributed by atoms with Gasteiger partial charge in [-0.15, -0.1) is 0 Å². The molecule has 0 spiro atoms. The van der Waals surface area contributed by atoms with E-state index in [-0.39, 0.29) is 5.78 Å². The van der Waals surface area contributed by atoms with E-state index in [1.165, 1.54) is 6.92 Å². The lowest BCUT2D eigenvalue weighted by Gasteiger charge is -2.13. The second kappa shape index (κ2) is 3.87. The van der Waals surface area contributed by atoms with Crippen LogP contribution in [0.3, 0.4) is 0 Å². The fourth-order valence-electron chi connectivity index (χ4n) is 0.590. The van der Waals surface area contributed by atoms with Crippen molar-refractivity contribution >= 4 is 12.5 Å². The van der Waals surface area contributed by atoms with Gasteiger partial charge in [0.15, 0.2) is 0 Å². The van der Waals surface area contributed by atoms with Crippen molar-refractivity contribution < 1.29 is 4.79 Å². The number of Topliss-reactive ketones (excluding diaryl/α,β-unsaturated/α-hetero) is 1. The third-order valence-electron chi connectivity index (χ3n) is 1.55. The van der Waals surface area contributed by atoms with Crippen LogP contribution in [0.25, 0.3) is 0 Å². The summed E-state index contributed by atoms with van der Waals surface area (Å²) in [4.78, 5) is 14.2. The van der Waals surface area contributed by atoms with Crippen molar-refractivity contribution in [2.45, 2.75) is 32.2 Å². The number of rotatable bonds is 4. The average Bonchev–Trinajstić information content (AvgIpc) is 2.00. The lowest BCUT2D eigenvalue weighted by molar-refractivity contribution is -0.117. The molecule has 0 radical (unpaired) electrons. The minimum atomic E-state index is -0.786. The quantitative estimate of drug-likeness (QED) is 0.571. The van der Waals surface area contributed by atoms with Gasteiger partial charge >= 0.3 is 0 Å². The van der Waals surface area contributed by atoms with Crippen LogP contribution in [0.5, 0.6) is 0 Å². The Morgan fingerprint density at radius 2 is 2.36 bits per heavy atom. The molecule has 0 N–H and O–H groups in total. The lowest BCUT2D eigenvalue weighted by Crippen LogP contribution is -2.19. The van der Waals surface area contributed by atoms with E-state index in [1.807, 2.05) is 6.07 Å². The number of nitriles is 1. The SMILES string of the molecule is C=NC(C)(C#N)CCC(C)=O. The summed E-state index contributed by atoms with van der Waals surface area (Å²) in [6, 6.07) is 2.00. The van der Waals surface area contributed by atoms with Crippen LogP contribution in [0.15, 0.2) is 4.99 Å². The van der Waals surface area contributed by atoms with Crippen molar-refractivity contribution in [1.82, 2.24) is 0 Å². The molecule has 0 aromatic rings. The summed E-state index contributed by atoms with van der Waals surface area (Å²) in [6.07, 6.45) is 0.853. The Bertz CT molecular complexity index is 205. The van der Waals surface area contributed by atoms with Gasteiger partial charge in [0.1, 0.15) is 11.3 Å². The zero-order chi connectivity index (χ0) is 8.91. The van der Waals surface area contributed by atoms with E-state index in [4.69, 9.17) is 5.26 Å². The largest absolute Gasteiger partial charge is 0.300 e. The first-order valence-corrected chi connectivity index (χ1v) is 3.42. The predicted molar refractivity (Wildman–Crippen MR) is 43.5 cm³/mol. The van der Waals surface area contributed by atoms with Gasteiger partial charge in [-0.3, -0.25) is 4.99 Å². The van der Waals surface area contributed by atoms with Crippen LogP contribution in [0.2, 0.25) is 0 Å². The molecule has 0 rings (SSSR count). The normalized spacial score (nSPS) is 14.6. The highest BCUT2D eigenvalue weighted by Gasteiger charge is 2.20. The van der Waals surface area contributed by atoms with E-state index in [9.17, 15) is 4.79 Å². The molecule has 0 aromatic heterocycles. The number of hydrogen-bond acceptors (Lipinski definition) is 3. The van der Waals surface area contributed by atoms with Gasteiger partial charge in [0.2, 0.25) is 0 Å². The highest BCUT2D eigenvalue weighted by Crippen LogP contribution is 2.15. The minimum absolute atomic E-state index is 0.0788. The molecule has 60 valence electrons. The van der Waals surface area contributed by atoms with Crippen molar-refractivity contribution in [3.63, 3.8) is 0 Å². The van der Waals surface area contributed by atoms with Crippen LogP contribution in [0.4, 0.5) is 0 Å². The van der Waals surface area contributed by atoms with Crippen molar-refractivity contribution in [2.75, 3.05) is 0 Å². The van der Waals surface area contributed by atoms with Crippen molar-refractivity contribution in [3.8, 4) is 6.07 Å². The summed E-state index contributed by atoms with van der Waals surface area (Å²) < 4.78 is 0. The van der Waals surface area contributed by atoms with Gasteiger partial charge in [-0.2, -0.15) is 5.26 Å². The molecule has 0 bridgehead atoms. The molecule has 1 atom stereocenters. The molecule has 1 unspecified atom stereocenters. The molecule has 3 heteroatoms. The first-order chi connectivity index (χ1) is 5.04. The number of aliphatic imine (C=N–C) groups is 1. The van der Waals surface area contributed by atoms with E-state index < -0.39 is 5.54 Å². The summed E-state index contributed by atoms with van der Waals surface area (Å²) in [6.45, 7) is 6.47. The molecule has 0 amide bonds. The molecule has 0 aliphatic carbocycles. The second-order valence-corrected chi connectivity index (χ2v) is 2.75. The molecule has 11 heavy (non-hydrogen) atoms. The smallest absolute Gasteiger partial charge is 0.143 e. The van der Waals surface area contributed by atoms with E-state index in [0.717, 1.165) is 0 Å². The Kier molecular flexibility index (Phi) is 3.46. The maximum absolute atomic E-state index is 10.6. The maximum Gasteiger partial charge on any atom is 0.143 e. The lowest BCUT2D eigenvalue weighted by atomic mass is 9.98. The summed E-state index contributed by atoms with van der Waals surface area (Å²) in [5.41, 5.74) is -0.786. The van der Waals surface area contributed by atoms with Gasteiger partial charge < -0.3 is 4.79 Å². The van der Waals surface area contributed by atoms with Gasteiger partial charge in [0.25, 0.3) is 0 Å². The van der Waals surface area contributed by atoms with Crippen LogP contribution in [-0.2, 0) is 4.79 Å². The van der Waals surface area contributed by atoms with Crippen molar-refractivity contribution in [3.05, 3.63) is 0 Å². The number of ketones is 1. The van der Waals surface area contributed by atoms with Crippen LogP contribution in [0.1, 0.15) is 26.7 Å². The van der Waals surface area contributed by atoms with E-state index in [2.05, 4.69) is 11.7 Å². The number of hydrogen-bond donors (Lipinski definition) is 0. The number of carbonyl (C=O) groups is 1. The number of nitrogens with zero attached hydrogens (tertiary/aromatic N) is 2. The third-order valence-corrected chi connectivity index (χ3v) is 1.55. The molecule has 0 saturated carbocycles. The standard InChI is InChI=1S/C8H12N2O/c1-7(11)4-5-8(2,6-9)10-3/h3-5H2,1-2H3. The van der Waals surface area contributed by atoms with Gasteiger partial charge in [0.05, 0.1) is 6.07 Å². The Labute approximate surface area is 66.7 Å². The molecule has 0 heterocycles. The Morgan fingerprint density at radius 3 is 2.64 bits per heavy atom. The monoisotopic (exact) mass is 152 g/mol. The Balaban J connectivity index is 4.01. The first kappa shape index (κ1) is 9.83. The first-order valence-electron chi connectivity index (χ1n) is 3.42. The van der Waals surface area contributed by atoms with Crippen LogP contribution < -0.4 is 0 Å². The van der Waals surface area contributed by atoms with Crippen LogP contribution in [-0.4, -0.2) is 18.0 Å². The summed E-state index contributed by atoms with van der Waals surface area (Å²) in [5.74, 6) is 0.0788. The zero-order valence-electron chi connectivity index (χ0n) is 6.92. The summed E-state index contributed by atoms with van der Waals surface area (Å²) in [5, 5.41) is 8.60. The molecule has 0 aromatic carbocycles. The zero-order valence-corrected chi connectivity index (χ0v) is 6.92. The Morgan fingerprint density at radius 1 is 1.82 bits per heavy atom. The minimum Gasteiger partial charge on any atom is -0.300 e. The Hall–Kier alpha value is -1.17. The predicted octanol–water partition coefficient (Wildman–Crippen LogP) is 1.34. The fraction of sp³-hybridized carbons (Fsp3) is 0.625. The highest BCUT2D eigenvalue weighted by atomic mass is 16.1. The average molecular weight is 152 g/mol. The molecular formula is C8H12N2O. The molecule has 0 aliphatic heterocycles. The summed E-state index contributed by atoms with van der Waals surface area (Å²) in [7, 11) is 0. The second-order valence-electron chi connectivity index (χ2n) is 2.75. The van der Waals surface area contributed by atoms with Crippen LogP contribution >= 0.6 is 0 Å². The third kappa shape index (κ3) is 3.51. The maximum atomic E-state index is 10.6. The fourth-order valence-corrected chi connectivity index (χ4v) is 0.590. The molecule has 0 fully saturated rings. The van der Waals surface area contributed by atoms with E-state index in [1.54, 1.807) is 6.92 Å². The van der Waals surface area contributed by atoms with Gasteiger partial charge in [-0.25, -0.2) is 0 Å². The molecular weight excluding hydrogens is 140 g/mol. The van der Waals surface area contributed by atoms with Gasteiger partial charge in [-0.1, -0.05) is 0 Å². The van der Waals surface area contributed by atoms with Crippen molar-refractivity contribution in [1.29, 1.82) is 5.26 Å². The number of carbonyl (C=O) groups excluding carboxylic acids is 1. The van der Waals surface area contributed by atoms with E-state index >= 15 is 0 Å². The highest BCUT2D eigenvalue weighted by molar-refractivity contribution is 5.75. The van der Waals surface area contributed by atoms with Crippen molar-refractivity contribution in [2.24, 2.45) is 4.99 Å². The van der Waals surface area contributed by atoms with Crippen LogP contribution in [0, 0.1) is 11.3 Å². The van der Waals surface area contributed by atoms with Gasteiger partial charge in [-0.05, 0) is 27.0 Å². The summed E-state index contributed by atoms with van der Waals surface area (Å²) >= 11 is 0. The molecule has 3 nitrogen and oxygen atoms in total.